The number of thiophene rings is 1. The van der Waals surface area contributed by atoms with Crippen LogP contribution in [0.1, 0.15) is 29.3 Å². The number of amides is 1. The lowest BCUT2D eigenvalue weighted by molar-refractivity contribution is -0.113. The molecule has 142 valence electrons. The van der Waals surface area contributed by atoms with Crippen molar-refractivity contribution in [1.29, 1.82) is 5.26 Å². The molecule has 1 atom stereocenters. The second kappa shape index (κ2) is 8.17. The summed E-state index contributed by atoms with van der Waals surface area (Å²) in [7, 11) is 0. The second-order valence-corrected chi connectivity index (χ2v) is 8.86. The van der Waals surface area contributed by atoms with Gasteiger partial charge in [-0.15, -0.1) is 16.4 Å². The van der Waals surface area contributed by atoms with Crippen LogP contribution >= 0.6 is 23.1 Å². The Hall–Kier alpha value is -2.63. The minimum absolute atomic E-state index is 0.149. The molecule has 28 heavy (non-hydrogen) atoms. The number of aromatic nitrogens is 3. The van der Waals surface area contributed by atoms with E-state index in [0.29, 0.717) is 21.6 Å². The Labute approximate surface area is 171 Å². The minimum atomic E-state index is -0.149. The van der Waals surface area contributed by atoms with E-state index in [1.54, 1.807) is 22.3 Å². The zero-order valence-electron chi connectivity index (χ0n) is 15.4. The predicted molar refractivity (Wildman–Crippen MR) is 111 cm³/mol. The van der Waals surface area contributed by atoms with Crippen LogP contribution in [0, 0.1) is 17.2 Å². The number of anilines is 1. The lowest BCUT2D eigenvalue weighted by Gasteiger charge is -2.17. The molecule has 0 fully saturated rings. The van der Waals surface area contributed by atoms with Gasteiger partial charge >= 0.3 is 0 Å². The Balaban J connectivity index is 1.39. The van der Waals surface area contributed by atoms with Gasteiger partial charge in [0.2, 0.25) is 11.1 Å². The summed E-state index contributed by atoms with van der Waals surface area (Å²) in [5.74, 6) is 0.676. The van der Waals surface area contributed by atoms with Crippen LogP contribution in [0.3, 0.4) is 0 Å². The predicted octanol–water partition coefficient (Wildman–Crippen LogP) is 4.06. The van der Waals surface area contributed by atoms with Crippen molar-refractivity contribution < 1.29 is 4.79 Å². The first-order valence-electron chi connectivity index (χ1n) is 9.08. The number of thioether (sulfide) groups is 1. The molecule has 8 heteroatoms. The van der Waals surface area contributed by atoms with E-state index in [0.717, 1.165) is 30.5 Å². The molecule has 2 heterocycles. The number of para-hydroxylation sites is 1. The van der Waals surface area contributed by atoms with Crippen LogP contribution in [0.15, 0.2) is 41.8 Å². The number of rotatable bonds is 5. The zero-order valence-corrected chi connectivity index (χ0v) is 17.0. The number of hydrogen-bond acceptors (Lipinski definition) is 6. The van der Waals surface area contributed by atoms with Crippen molar-refractivity contribution in [2.45, 2.75) is 31.3 Å². The normalized spacial score (nSPS) is 15.6. The first-order valence-corrected chi connectivity index (χ1v) is 10.9. The quantitative estimate of drug-likeness (QED) is 0.643. The summed E-state index contributed by atoms with van der Waals surface area (Å²) in [6.07, 6.45) is 4.64. The minimum Gasteiger partial charge on any atom is -0.316 e. The van der Waals surface area contributed by atoms with Crippen LogP contribution in [0.25, 0.3) is 5.69 Å². The highest BCUT2D eigenvalue weighted by Crippen LogP contribution is 2.39. The highest BCUT2D eigenvalue weighted by atomic mass is 32.2. The second-order valence-electron chi connectivity index (χ2n) is 6.81. The van der Waals surface area contributed by atoms with Gasteiger partial charge in [-0.1, -0.05) is 36.9 Å². The smallest absolute Gasteiger partial charge is 0.235 e. The van der Waals surface area contributed by atoms with E-state index in [2.05, 4.69) is 28.4 Å². The Kier molecular flexibility index (Phi) is 5.46. The molecule has 0 bridgehead atoms. The van der Waals surface area contributed by atoms with Crippen LogP contribution in [-0.4, -0.2) is 26.4 Å². The summed E-state index contributed by atoms with van der Waals surface area (Å²) < 4.78 is 1.68. The maximum Gasteiger partial charge on any atom is 0.235 e. The van der Waals surface area contributed by atoms with Gasteiger partial charge in [0.15, 0.2) is 0 Å². The van der Waals surface area contributed by atoms with Gasteiger partial charge in [0.1, 0.15) is 17.4 Å². The molecule has 0 saturated heterocycles. The van der Waals surface area contributed by atoms with Gasteiger partial charge in [0.05, 0.1) is 17.0 Å². The van der Waals surface area contributed by atoms with E-state index >= 15 is 0 Å². The molecule has 1 aliphatic rings. The van der Waals surface area contributed by atoms with Crippen molar-refractivity contribution in [3.63, 3.8) is 0 Å². The Morgan fingerprint density at radius 2 is 2.25 bits per heavy atom. The molecule has 6 nitrogen and oxygen atoms in total. The fourth-order valence-electron chi connectivity index (χ4n) is 3.27. The fourth-order valence-corrected chi connectivity index (χ4v) is 5.25. The van der Waals surface area contributed by atoms with Crippen LogP contribution in [-0.2, 0) is 17.6 Å². The average molecular weight is 410 g/mol. The van der Waals surface area contributed by atoms with Crippen molar-refractivity contribution in [3.05, 3.63) is 52.7 Å². The first kappa shape index (κ1) is 18.7. The zero-order chi connectivity index (χ0) is 19.5. The maximum absolute atomic E-state index is 12.4. The van der Waals surface area contributed by atoms with E-state index in [-0.39, 0.29) is 11.7 Å². The number of fused-ring (bicyclic) bond motifs is 1. The lowest BCUT2D eigenvalue weighted by Crippen LogP contribution is -2.14. The molecule has 2 aromatic heterocycles. The van der Waals surface area contributed by atoms with Gasteiger partial charge in [-0.3, -0.25) is 4.79 Å². The van der Waals surface area contributed by atoms with Gasteiger partial charge in [-0.2, -0.15) is 5.26 Å². The van der Waals surface area contributed by atoms with Crippen molar-refractivity contribution in [1.82, 2.24) is 14.8 Å². The molecule has 0 radical (unpaired) electrons. The van der Waals surface area contributed by atoms with Crippen LogP contribution < -0.4 is 5.32 Å². The highest BCUT2D eigenvalue weighted by Gasteiger charge is 2.24. The summed E-state index contributed by atoms with van der Waals surface area (Å²) in [6.45, 7) is 2.23. The number of nitrogens with one attached hydrogen (secondary N) is 1. The Morgan fingerprint density at radius 1 is 1.43 bits per heavy atom. The molecular weight excluding hydrogens is 390 g/mol. The molecule has 1 aromatic carbocycles. The number of carbonyl (C=O) groups excluding carboxylic acids is 1. The molecule has 3 aromatic rings. The molecule has 1 unspecified atom stereocenters. The van der Waals surface area contributed by atoms with Gasteiger partial charge in [-0.25, -0.2) is 9.67 Å². The van der Waals surface area contributed by atoms with Gasteiger partial charge < -0.3 is 5.32 Å². The lowest BCUT2D eigenvalue weighted by atomic mass is 9.89. The average Bonchev–Trinajstić information content (AvgIpc) is 3.31. The first-order chi connectivity index (χ1) is 13.6. The summed E-state index contributed by atoms with van der Waals surface area (Å²) in [5, 5.41) is 18.1. The molecule has 0 spiro atoms. The third kappa shape index (κ3) is 3.96. The highest BCUT2D eigenvalue weighted by molar-refractivity contribution is 7.99. The van der Waals surface area contributed by atoms with Crippen molar-refractivity contribution in [2.75, 3.05) is 11.1 Å². The number of nitriles is 1. The molecule has 1 aliphatic carbocycles. The fraction of sp³-hybridized carbons (Fsp3) is 0.300. The summed E-state index contributed by atoms with van der Waals surface area (Å²) in [6, 6.07) is 12.0. The topological polar surface area (TPSA) is 83.6 Å². The van der Waals surface area contributed by atoms with E-state index in [4.69, 9.17) is 0 Å². The molecular formula is C20H19N5OS2. The Bertz CT molecular complexity index is 1030. The standard InChI is InChI=1S/C20H19N5OS2/c1-13-7-8-15-16(10-21)19(28-17(15)9-13)23-18(26)11-27-20-22-12-25(24-20)14-5-3-2-4-6-14/h2-6,12-13H,7-9,11H2,1H3,(H,23,26). The third-order valence-corrected chi connectivity index (χ3v) is 6.72. The molecule has 1 N–H and O–H groups in total. The largest absolute Gasteiger partial charge is 0.316 e. The van der Waals surface area contributed by atoms with Gasteiger partial charge in [0.25, 0.3) is 0 Å². The SMILES string of the molecule is CC1CCc2c(sc(NC(=O)CSc3ncn(-c4ccccc4)n3)c2C#N)C1. The van der Waals surface area contributed by atoms with E-state index in [1.807, 2.05) is 30.3 Å². The van der Waals surface area contributed by atoms with E-state index < -0.39 is 0 Å². The van der Waals surface area contributed by atoms with Crippen molar-refractivity contribution >= 4 is 34.0 Å². The number of benzene rings is 1. The summed E-state index contributed by atoms with van der Waals surface area (Å²) in [4.78, 5) is 17.9. The summed E-state index contributed by atoms with van der Waals surface area (Å²) in [5.41, 5.74) is 2.68. The molecule has 0 saturated carbocycles. The van der Waals surface area contributed by atoms with Crippen LogP contribution in [0.4, 0.5) is 5.00 Å². The van der Waals surface area contributed by atoms with Crippen LogP contribution in [0.5, 0.6) is 0 Å². The Morgan fingerprint density at radius 3 is 3.04 bits per heavy atom. The van der Waals surface area contributed by atoms with E-state index in [1.165, 1.54) is 16.6 Å². The number of carbonyl (C=O) groups is 1. The monoisotopic (exact) mass is 409 g/mol. The van der Waals surface area contributed by atoms with Crippen LogP contribution in [0.2, 0.25) is 0 Å². The third-order valence-electron chi connectivity index (χ3n) is 4.70. The maximum atomic E-state index is 12.4. The number of hydrogen-bond donors (Lipinski definition) is 1. The van der Waals surface area contributed by atoms with E-state index in [9.17, 15) is 10.1 Å². The summed E-state index contributed by atoms with van der Waals surface area (Å²) >= 11 is 2.82. The van der Waals surface area contributed by atoms with Gasteiger partial charge in [0, 0.05) is 4.88 Å². The molecule has 1 amide bonds. The molecule has 4 rings (SSSR count). The molecule has 0 aliphatic heterocycles. The number of nitrogens with zero attached hydrogens (tertiary/aromatic N) is 4. The van der Waals surface area contributed by atoms with Gasteiger partial charge in [-0.05, 0) is 42.9 Å². The van der Waals surface area contributed by atoms with Crippen molar-refractivity contribution in [3.8, 4) is 11.8 Å². The van der Waals surface area contributed by atoms with Crippen molar-refractivity contribution in [2.24, 2.45) is 5.92 Å².